The van der Waals surface area contributed by atoms with E-state index in [4.69, 9.17) is 9.47 Å². The van der Waals surface area contributed by atoms with Crippen LogP contribution >= 0.6 is 0 Å². The summed E-state index contributed by atoms with van der Waals surface area (Å²) < 4.78 is 12.5. The molecule has 0 aliphatic carbocycles. The molecule has 1 saturated heterocycles. The van der Waals surface area contributed by atoms with Gasteiger partial charge in [-0.15, -0.1) is 0 Å². The van der Waals surface area contributed by atoms with Crippen molar-refractivity contribution < 1.29 is 9.47 Å². The van der Waals surface area contributed by atoms with Crippen LogP contribution in [0, 0.1) is 0 Å². The maximum Gasteiger partial charge on any atom is 0.191 e. The first-order valence-electron chi connectivity index (χ1n) is 9.48. The number of aryl methyl sites for hydroxylation is 1. The van der Waals surface area contributed by atoms with E-state index in [1.807, 2.05) is 25.5 Å². The van der Waals surface area contributed by atoms with Crippen molar-refractivity contribution in [2.45, 2.75) is 25.6 Å². The zero-order valence-electron chi connectivity index (χ0n) is 17.1. The highest BCUT2D eigenvalue weighted by molar-refractivity contribution is 5.80. The fourth-order valence-electron chi connectivity index (χ4n) is 3.45. The van der Waals surface area contributed by atoms with Crippen LogP contribution in [0.5, 0.6) is 11.5 Å². The molecule has 2 N–H and O–H groups in total. The second-order valence-corrected chi connectivity index (χ2v) is 7.03. The van der Waals surface area contributed by atoms with Crippen molar-refractivity contribution in [1.82, 2.24) is 25.3 Å². The summed E-state index contributed by atoms with van der Waals surface area (Å²) in [4.78, 5) is 6.77. The molecule has 1 aliphatic heterocycles. The average Bonchev–Trinajstić information content (AvgIpc) is 3.33. The van der Waals surface area contributed by atoms with E-state index in [1.54, 1.807) is 25.9 Å². The highest BCUT2D eigenvalue weighted by atomic mass is 16.5. The predicted octanol–water partition coefficient (Wildman–Crippen LogP) is 1.38. The van der Waals surface area contributed by atoms with Gasteiger partial charge in [-0.05, 0) is 24.1 Å². The van der Waals surface area contributed by atoms with E-state index in [2.05, 4.69) is 37.8 Å². The minimum Gasteiger partial charge on any atom is -0.497 e. The molecule has 3 rings (SSSR count). The molecule has 1 aliphatic rings. The van der Waals surface area contributed by atoms with Gasteiger partial charge in [0.2, 0.25) is 0 Å². The zero-order valence-corrected chi connectivity index (χ0v) is 17.1. The molecule has 1 aromatic heterocycles. The SMILES string of the molecule is CN=C(NCc1cnn(C)c1)NC1CCN(Cc2cc(OC)cc(OC)c2)C1. The van der Waals surface area contributed by atoms with Gasteiger partial charge in [0.1, 0.15) is 11.5 Å². The van der Waals surface area contributed by atoms with Gasteiger partial charge in [-0.3, -0.25) is 14.6 Å². The van der Waals surface area contributed by atoms with Gasteiger partial charge >= 0.3 is 0 Å². The molecule has 8 heteroatoms. The Labute approximate surface area is 166 Å². The number of rotatable bonds is 7. The molecule has 0 amide bonds. The van der Waals surface area contributed by atoms with Crippen LogP contribution in [-0.4, -0.2) is 61.0 Å². The molecule has 0 saturated carbocycles. The van der Waals surface area contributed by atoms with Crippen molar-refractivity contribution in [1.29, 1.82) is 0 Å². The summed E-state index contributed by atoms with van der Waals surface area (Å²) >= 11 is 0. The average molecular weight is 387 g/mol. The summed E-state index contributed by atoms with van der Waals surface area (Å²) in [5.74, 6) is 2.46. The van der Waals surface area contributed by atoms with Crippen molar-refractivity contribution in [2.24, 2.45) is 12.0 Å². The number of nitrogens with zero attached hydrogens (tertiary/aromatic N) is 4. The minimum atomic E-state index is 0.368. The number of likely N-dealkylation sites (tertiary alicyclic amines) is 1. The molecule has 0 bridgehead atoms. The molecule has 152 valence electrons. The maximum atomic E-state index is 5.37. The lowest BCUT2D eigenvalue weighted by Gasteiger charge is -2.19. The number of aliphatic imine (C=N–C) groups is 1. The maximum absolute atomic E-state index is 5.37. The van der Waals surface area contributed by atoms with Crippen molar-refractivity contribution >= 4 is 5.96 Å². The van der Waals surface area contributed by atoms with Crippen LogP contribution in [0.2, 0.25) is 0 Å². The second-order valence-electron chi connectivity index (χ2n) is 7.03. The summed E-state index contributed by atoms with van der Waals surface area (Å²) in [5, 5.41) is 11.1. The van der Waals surface area contributed by atoms with E-state index in [9.17, 15) is 0 Å². The van der Waals surface area contributed by atoms with Crippen LogP contribution in [-0.2, 0) is 20.1 Å². The van der Waals surface area contributed by atoms with Gasteiger partial charge in [-0.25, -0.2) is 0 Å². The first-order valence-corrected chi connectivity index (χ1v) is 9.48. The fourth-order valence-corrected chi connectivity index (χ4v) is 3.45. The molecule has 0 radical (unpaired) electrons. The van der Waals surface area contributed by atoms with Crippen LogP contribution in [0.15, 0.2) is 35.6 Å². The quantitative estimate of drug-likeness (QED) is 0.553. The third kappa shape index (κ3) is 5.39. The summed E-state index contributed by atoms with van der Waals surface area (Å²) in [7, 11) is 7.08. The van der Waals surface area contributed by atoms with Crippen molar-refractivity contribution in [3.8, 4) is 11.5 Å². The number of benzene rings is 1. The van der Waals surface area contributed by atoms with E-state index < -0.39 is 0 Å². The Morgan fingerprint density at radius 2 is 1.96 bits per heavy atom. The van der Waals surface area contributed by atoms with Gasteiger partial charge in [0.25, 0.3) is 0 Å². The van der Waals surface area contributed by atoms with Gasteiger partial charge in [0, 0.05) is 64.1 Å². The highest BCUT2D eigenvalue weighted by Gasteiger charge is 2.23. The topological polar surface area (TPSA) is 75.9 Å². The Morgan fingerprint density at radius 3 is 2.57 bits per heavy atom. The van der Waals surface area contributed by atoms with Gasteiger partial charge in [-0.2, -0.15) is 5.10 Å². The number of aromatic nitrogens is 2. The molecule has 2 aromatic rings. The Bertz CT molecular complexity index is 781. The van der Waals surface area contributed by atoms with Crippen LogP contribution in [0.1, 0.15) is 17.5 Å². The molecule has 28 heavy (non-hydrogen) atoms. The standard InChI is InChI=1S/C20H30N6O2/c1-21-20(22-10-16-11-23-25(2)12-16)24-17-5-6-26(14-17)13-15-7-18(27-3)9-19(8-15)28-4/h7-9,11-12,17H,5-6,10,13-14H2,1-4H3,(H2,21,22,24). The van der Waals surface area contributed by atoms with Crippen LogP contribution in [0.3, 0.4) is 0 Å². The Morgan fingerprint density at radius 1 is 1.21 bits per heavy atom. The Balaban J connectivity index is 1.50. The van der Waals surface area contributed by atoms with Gasteiger partial charge in [0.05, 0.1) is 20.4 Å². The van der Waals surface area contributed by atoms with E-state index in [1.165, 1.54) is 5.56 Å². The fraction of sp³-hybridized carbons (Fsp3) is 0.500. The number of guanidine groups is 1. The highest BCUT2D eigenvalue weighted by Crippen LogP contribution is 2.24. The molecular formula is C20H30N6O2. The van der Waals surface area contributed by atoms with Crippen LogP contribution < -0.4 is 20.1 Å². The third-order valence-electron chi connectivity index (χ3n) is 4.87. The molecule has 1 atom stereocenters. The van der Waals surface area contributed by atoms with Crippen molar-refractivity contribution in [2.75, 3.05) is 34.4 Å². The van der Waals surface area contributed by atoms with Gasteiger partial charge < -0.3 is 20.1 Å². The predicted molar refractivity (Wildman–Crippen MR) is 110 cm³/mol. The number of hydrogen-bond acceptors (Lipinski definition) is 5. The number of ether oxygens (including phenoxy) is 2. The van der Waals surface area contributed by atoms with Gasteiger partial charge in [0.15, 0.2) is 5.96 Å². The normalized spacial score (nSPS) is 17.6. The largest absolute Gasteiger partial charge is 0.497 e. The molecule has 0 spiro atoms. The van der Waals surface area contributed by atoms with E-state index >= 15 is 0 Å². The van der Waals surface area contributed by atoms with E-state index in [0.717, 1.165) is 49.1 Å². The van der Waals surface area contributed by atoms with Crippen LogP contribution in [0.25, 0.3) is 0 Å². The summed E-state index contributed by atoms with van der Waals surface area (Å²) in [6.07, 6.45) is 4.94. The molecule has 8 nitrogen and oxygen atoms in total. The second kappa shape index (κ2) is 9.45. The van der Waals surface area contributed by atoms with Crippen LogP contribution in [0.4, 0.5) is 0 Å². The first-order chi connectivity index (χ1) is 13.6. The summed E-state index contributed by atoms with van der Waals surface area (Å²) in [6, 6.07) is 6.40. The lowest BCUT2D eigenvalue weighted by molar-refractivity contribution is 0.321. The van der Waals surface area contributed by atoms with Gasteiger partial charge in [-0.1, -0.05) is 0 Å². The van der Waals surface area contributed by atoms with Crippen molar-refractivity contribution in [3.05, 3.63) is 41.7 Å². The Kier molecular flexibility index (Phi) is 6.76. The lowest BCUT2D eigenvalue weighted by atomic mass is 10.2. The van der Waals surface area contributed by atoms with Crippen molar-refractivity contribution in [3.63, 3.8) is 0 Å². The van der Waals surface area contributed by atoms with E-state index in [-0.39, 0.29) is 0 Å². The summed E-state index contributed by atoms with van der Waals surface area (Å²) in [5.41, 5.74) is 2.32. The smallest absolute Gasteiger partial charge is 0.191 e. The molecule has 1 unspecified atom stereocenters. The molecule has 2 heterocycles. The first kappa shape index (κ1) is 20.0. The zero-order chi connectivity index (χ0) is 19.9. The minimum absolute atomic E-state index is 0.368. The summed E-state index contributed by atoms with van der Waals surface area (Å²) in [6.45, 7) is 3.57. The Hall–Kier alpha value is -2.74. The molecule has 1 fully saturated rings. The number of nitrogens with one attached hydrogen (secondary N) is 2. The number of methoxy groups -OCH3 is 2. The third-order valence-corrected chi connectivity index (χ3v) is 4.87. The number of hydrogen-bond donors (Lipinski definition) is 2. The lowest BCUT2D eigenvalue weighted by Crippen LogP contribution is -2.44. The van der Waals surface area contributed by atoms with E-state index in [0.29, 0.717) is 12.6 Å². The molecular weight excluding hydrogens is 356 g/mol. The monoisotopic (exact) mass is 386 g/mol. The molecule has 1 aromatic carbocycles.